The normalized spacial score (nSPS) is 13.2. The molecule has 7 nitrogen and oxygen atoms in total. The van der Waals surface area contributed by atoms with E-state index in [0.717, 1.165) is 11.3 Å². The fourth-order valence-electron chi connectivity index (χ4n) is 1.79. The topological polar surface area (TPSA) is 92.7 Å². The van der Waals surface area contributed by atoms with Crippen molar-refractivity contribution in [2.45, 2.75) is 18.1 Å². The molecule has 0 aromatic carbocycles. The van der Waals surface area contributed by atoms with Gasteiger partial charge in [-0.15, -0.1) is 11.3 Å². The summed E-state index contributed by atoms with van der Waals surface area (Å²) in [6, 6.07) is 0. The number of halogens is 3. The molecule has 0 aliphatic rings. The summed E-state index contributed by atoms with van der Waals surface area (Å²) in [5.74, 6) is 5.02. The summed E-state index contributed by atoms with van der Waals surface area (Å²) in [5.41, 5.74) is 2.11. The quantitative estimate of drug-likeness (QED) is 0.630. The monoisotopic (exact) mass is 343 g/mol. The number of alkyl halides is 3. The van der Waals surface area contributed by atoms with Crippen molar-refractivity contribution in [1.82, 2.24) is 13.7 Å². The van der Waals surface area contributed by atoms with Crippen LogP contribution in [-0.2, 0) is 10.0 Å². The Labute approximate surface area is 122 Å². The minimum atomic E-state index is -4.64. The lowest BCUT2D eigenvalue weighted by Gasteiger charge is -2.21. The molecule has 0 aliphatic heterocycles. The van der Waals surface area contributed by atoms with Gasteiger partial charge in [0.05, 0.1) is 0 Å². The molecule has 0 unspecified atom stereocenters. The highest BCUT2D eigenvalue weighted by atomic mass is 32.2. The van der Waals surface area contributed by atoms with Crippen molar-refractivity contribution in [1.29, 1.82) is 0 Å². The number of hydrazine groups is 1. The van der Waals surface area contributed by atoms with E-state index in [9.17, 15) is 21.6 Å². The van der Waals surface area contributed by atoms with Gasteiger partial charge < -0.3 is 5.43 Å². The summed E-state index contributed by atoms with van der Waals surface area (Å²) < 4.78 is 64.1. The Morgan fingerprint density at radius 3 is 2.71 bits per heavy atom. The molecule has 0 bridgehead atoms. The molecule has 21 heavy (non-hydrogen) atoms. The molecular weight excluding hydrogens is 331 g/mol. The molecule has 118 valence electrons. The van der Waals surface area contributed by atoms with Gasteiger partial charge in [0.1, 0.15) is 6.54 Å². The van der Waals surface area contributed by atoms with Gasteiger partial charge in [-0.3, -0.25) is 4.40 Å². The molecule has 0 aliphatic carbocycles. The fourth-order valence-corrected chi connectivity index (χ4v) is 4.21. The average Bonchev–Trinajstić information content (AvgIpc) is 2.93. The van der Waals surface area contributed by atoms with E-state index in [1.807, 2.05) is 0 Å². The fraction of sp³-hybridized carbons (Fsp3) is 0.444. The summed E-state index contributed by atoms with van der Waals surface area (Å²) in [5, 5.41) is 1.16. The second-order valence-corrected chi connectivity index (χ2v) is 6.74. The molecule has 2 aromatic rings. The second kappa shape index (κ2) is 5.44. The first-order valence-electron chi connectivity index (χ1n) is 5.69. The van der Waals surface area contributed by atoms with Crippen LogP contribution in [0.5, 0.6) is 0 Å². The lowest BCUT2D eigenvalue weighted by Crippen LogP contribution is -2.39. The Morgan fingerprint density at radius 2 is 2.19 bits per heavy atom. The van der Waals surface area contributed by atoms with Gasteiger partial charge >= 0.3 is 6.18 Å². The number of sulfonamides is 1. The van der Waals surface area contributed by atoms with E-state index in [0.29, 0.717) is 9.27 Å². The van der Waals surface area contributed by atoms with E-state index in [-0.39, 0.29) is 12.4 Å². The Balaban J connectivity index is 2.56. The minimum Gasteiger partial charge on any atom is -0.306 e. The first-order valence-corrected chi connectivity index (χ1v) is 8.01. The van der Waals surface area contributed by atoms with Crippen molar-refractivity contribution in [2.75, 3.05) is 18.5 Å². The predicted octanol–water partition coefficient (Wildman–Crippen LogP) is 1.25. The number of nitrogens with two attached hydrogens (primary N) is 1. The predicted molar refractivity (Wildman–Crippen MR) is 71.4 cm³/mol. The van der Waals surface area contributed by atoms with E-state index >= 15 is 0 Å². The van der Waals surface area contributed by atoms with Crippen LogP contribution in [-0.4, -0.2) is 41.4 Å². The number of anilines is 1. The number of imidazole rings is 1. The zero-order chi connectivity index (χ0) is 15.8. The summed E-state index contributed by atoms with van der Waals surface area (Å²) in [7, 11) is -4.40. The Hall–Kier alpha value is -1.37. The van der Waals surface area contributed by atoms with E-state index < -0.39 is 27.8 Å². The number of nitrogen functional groups attached to an aromatic ring is 1. The molecular formula is C9H12F3N5O2S2. The first kappa shape index (κ1) is 16.0. The molecule has 0 amide bonds. The Morgan fingerprint density at radius 1 is 1.52 bits per heavy atom. The van der Waals surface area contributed by atoms with Crippen LogP contribution in [0.3, 0.4) is 0 Å². The van der Waals surface area contributed by atoms with Crippen LogP contribution in [0.15, 0.2) is 16.6 Å². The molecule has 2 heterocycles. The third-order valence-corrected chi connectivity index (χ3v) is 5.35. The van der Waals surface area contributed by atoms with Gasteiger partial charge in [-0.05, 0) is 0 Å². The van der Waals surface area contributed by atoms with Gasteiger partial charge in [0, 0.05) is 18.1 Å². The summed E-state index contributed by atoms with van der Waals surface area (Å²) in [4.78, 5) is 4.24. The molecule has 3 N–H and O–H groups in total. The maximum Gasteiger partial charge on any atom is 0.402 e. The van der Waals surface area contributed by atoms with Gasteiger partial charge in [-0.2, -0.15) is 22.5 Å². The zero-order valence-corrected chi connectivity index (χ0v) is 12.4. The molecule has 2 aromatic heterocycles. The van der Waals surface area contributed by atoms with Gasteiger partial charge in [-0.25, -0.2) is 14.3 Å². The highest BCUT2D eigenvalue weighted by Gasteiger charge is 2.39. The standard InChI is InChI=1S/C9H12F3N5O2S2/c1-2-16(5-9(10,11)12)21(18,19)7-6(15-13)14-8-17(7)3-4-20-8/h3-4,15H,2,5,13H2,1H3. The van der Waals surface area contributed by atoms with Crippen LogP contribution in [0.4, 0.5) is 19.0 Å². The number of thiazole rings is 1. The van der Waals surface area contributed by atoms with Crippen molar-refractivity contribution >= 4 is 32.1 Å². The average molecular weight is 343 g/mol. The highest BCUT2D eigenvalue weighted by Crippen LogP contribution is 2.29. The smallest absolute Gasteiger partial charge is 0.306 e. The third kappa shape index (κ3) is 2.97. The molecule has 0 radical (unpaired) electrons. The van der Waals surface area contributed by atoms with Crippen molar-refractivity contribution in [3.8, 4) is 0 Å². The number of aromatic nitrogens is 2. The number of nitrogens with one attached hydrogen (secondary N) is 1. The first-order chi connectivity index (χ1) is 9.70. The largest absolute Gasteiger partial charge is 0.402 e. The van der Waals surface area contributed by atoms with Crippen LogP contribution in [0.1, 0.15) is 6.92 Å². The van der Waals surface area contributed by atoms with Crippen LogP contribution in [0, 0.1) is 0 Å². The molecule has 12 heteroatoms. The molecule has 0 fully saturated rings. The van der Waals surface area contributed by atoms with E-state index in [1.54, 1.807) is 5.38 Å². The summed E-state index contributed by atoms with van der Waals surface area (Å²) in [6.07, 6.45) is -3.24. The maximum absolute atomic E-state index is 12.5. The van der Waals surface area contributed by atoms with Gasteiger partial charge in [0.25, 0.3) is 10.0 Å². The minimum absolute atomic E-state index is 0.192. The maximum atomic E-state index is 12.5. The van der Waals surface area contributed by atoms with Crippen LogP contribution >= 0.6 is 11.3 Å². The number of nitrogens with zero attached hydrogens (tertiary/aromatic N) is 3. The SMILES string of the molecule is CCN(CC(F)(F)F)S(=O)(=O)c1c(NN)nc2sccn12. The highest BCUT2D eigenvalue weighted by molar-refractivity contribution is 7.89. The van der Waals surface area contributed by atoms with Crippen LogP contribution in [0.25, 0.3) is 4.96 Å². The summed E-state index contributed by atoms with van der Waals surface area (Å²) in [6.45, 7) is -0.582. The number of fused-ring (bicyclic) bond motifs is 1. The summed E-state index contributed by atoms with van der Waals surface area (Å²) >= 11 is 1.14. The Bertz CT molecular complexity index is 736. The van der Waals surface area contributed by atoms with E-state index in [2.05, 4.69) is 10.4 Å². The number of hydrogen-bond donors (Lipinski definition) is 2. The molecule has 0 saturated carbocycles. The van der Waals surface area contributed by atoms with E-state index in [1.165, 1.54) is 17.5 Å². The lowest BCUT2D eigenvalue weighted by atomic mass is 10.6. The molecule has 0 saturated heterocycles. The second-order valence-electron chi connectivity index (χ2n) is 4.01. The van der Waals surface area contributed by atoms with Gasteiger partial charge in [0.15, 0.2) is 10.8 Å². The third-order valence-electron chi connectivity index (χ3n) is 2.65. The van der Waals surface area contributed by atoms with Crippen molar-refractivity contribution in [2.24, 2.45) is 5.84 Å². The molecule has 0 spiro atoms. The number of hydrogen-bond acceptors (Lipinski definition) is 6. The van der Waals surface area contributed by atoms with Crippen molar-refractivity contribution in [3.05, 3.63) is 11.6 Å². The van der Waals surface area contributed by atoms with Gasteiger partial charge in [-0.1, -0.05) is 6.92 Å². The van der Waals surface area contributed by atoms with Gasteiger partial charge in [0.2, 0.25) is 5.03 Å². The van der Waals surface area contributed by atoms with Crippen LogP contribution < -0.4 is 11.3 Å². The van der Waals surface area contributed by atoms with Crippen LogP contribution in [0.2, 0.25) is 0 Å². The lowest BCUT2D eigenvalue weighted by molar-refractivity contribution is -0.135. The van der Waals surface area contributed by atoms with E-state index in [4.69, 9.17) is 5.84 Å². The Kier molecular flexibility index (Phi) is 4.15. The van der Waals surface area contributed by atoms with Crippen molar-refractivity contribution < 1.29 is 21.6 Å². The zero-order valence-electron chi connectivity index (χ0n) is 10.8. The van der Waals surface area contributed by atoms with Crippen molar-refractivity contribution in [3.63, 3.8) is 0 Å². The number of rotatable bonds is 5. The molecule has 2 rings (SSSR count). The molecule has 0 atom stereocenters.